The summed E-state index contributed by atoms with van der Waals surface area (Å²) in [6.07, 6.45) is 1.54. The third-order valence-electron chi connectivity index (χ3n) is 4.52. The predicted octanol–water partition coefficient (Wildman–Crippen LogP) is 6.21. The number of amides is 1. The lowest BCUT2D eigenvalue weighted by Gasteiger charge is -2.09. The average Bonchev–Trinajstić information content (AvgIpc) is 2.75. The van der Waals surface area contributed by atoms with Crippen molar-refractivity contribution in [1.29, 1.82) is 0 Å². The van der Waals surface area contributed by atoms with E-state index in [1.807, 2.05) is 54.6 Å². The topological polar surface area (TPSA) is 66.9 Å². The fraction of sp³-hybridized carbons (Fsp3) is 0.0417. The summed E-state index contributed by atoms with van der Waals surface area (Å²) in [5.41, 5.74) is 5.23. The van der Waals surface area contributed by atoms with Gasteiger partial charge in [0.2, 0.25) is 0 Å². The van der Waals surface area contributed by atoms with Crippen LogP contribution in [-0.4, -0.2) is 15.9 Å². The first kappa shape index (κ1) is 19.8. The highest BCUT2D eigenvalue weighted by molar-refractivity contribution is 9.10. The molecule has 0 radical (unpaired) electrons. The molecule has 5 nitrogen and oxygen atoms in total. The zero-order valence-electron chi connectivity index (χ0n) is 16.3. The molecule has 2 N–H and O–H groups in total. The van der Waals surface area contributed by atoms with Crippen molar-refractivity contribution in [3.63, 3.8) is 0 Å². The van der Waals surface area contributed by atoms with Crippen LogP contribution in [0.1, 0.15) is 15.9 Å². The fourth-order valence-corrected chi connectivity index (χ4v) is 3.33. The van der Waals surface area contributed by atoms with Gasteiger partial charge in [-0.05, 0) is 49.4 Å². The van der Waals surface area contributed by atoms with Gasteiger partial charge in [-0.3, -0.25) is 4.79 Å². The molecule has 0 fully saturated rings. The molecule has 4 aromatic rings. The summed E-state index contributed by atoms with van der Waals surface area (Å²) < 4.78 is 0.912. The molecule has 1 aromatic heterocycles. The van der Waals surface area contributed by atoms with Crippen molar-refractivity contribution >= 4 is 39.0 Å². The minimum Gasteiger partial charge on any atom is -0.340 e. The van der Waals surface area contributed by atoms with Gasteiger partial charge in [-0.2, -0.15) is 0 Å². The third kappa shape index (κ3) is 4.90. The lowest BCUT2D eigenvalue weighted by Crippen LogP contribution is -2.11. The van der Waals surface area contributed by atoms with Gasteiger partial charge >= 0.3 is 0 Å². The molecule has 30 heavy (non-hydrogen) atoms. The first-order valence-corrected chi connectivity index (χ1v) is 10.2. The Balaban J connectivity index is 1.45. The Morgan fingerprint density at radius 1 is 0.867 bits per heavy atom. The van der Waals surface area contributed by atoms with Crippen LogP contribution < -0.4 is 10.6 Å². The third-order valence-corrected chi connectivity index (χ3v) is 5.01. The second kappa shape index (κ2) is 8.88. The monoisotopic (exact) mass is 458 g/mol. The van der Waals surface area contributed by atoms with Crippen LogP contribution in [0.25, 0.3) is 11.3 Å². The Morgan fingerprint density at radius 2 is 1.63 bits per heavy atom. The molecule has 1 amide bonds. The van der Waals surface area contributed by atoms with E-state index in [1.54, 1.807) is 12.1 Å². The Morgan fingerprint density at radius 3 is 2.37 bits per heavy atom. The highest BCUT2D eigenvalue weighted by atomic mass is 79.9. The van der Waals surface area contributed by atoms with Crippen LogP contribution in [0.3, 0.4) is 0 Å². The summed E-state index contributed by atoms with van der Waals surface area (Å²) in [5, 5.41) is 6.15. The molecule has 0 aliphatic heterocycles. The van der Waals surface area contributed by atoms with E-state index >= 15 is 0 Å². The molecule has 0 aliphatic carbocycles. The zero-order chi connectivity index (χ0) is 20.9. The van der Waals surface area contributed by atoms with E-state index in [0.717, 1.165) is 27.1 Å². The Labute approximate surface area is 183 Å². The number of carbonyl (C=O) groups is 1. The molecule has 148 valence electrons. The summed E-state index contributed by atoms with van der Waals surface area (Å²) in [6.45, 7) is 2.06. The summed E-state index contributed by atoms with van der Waals surface area (Å²) >= 11 is 3.40. The van der Waals surface area contributed by atoms with Crippen LogP contribution in [0.4, 0.5) is 17.2 Å². The van der Waals surface area contributed by atoms with Gasteiger partial charge in [0.25, 0.3) is 5.91 Å². The fourth-order valence-electron chi connectivity index (χ4n) is 2.93. The summed E-state index contributed by atoms with van der Waals surface area (Å²) in [7, 11) is 0. The molecule has 0 aliphatic rings. The average molecular weight is 459 g/mol. The number of carbonyl (C=O) groups excluding carboxylic acids is 1. The van der Waals surface area contributed by atoms with E-state index in [2.05, 4.69) is 55.6 Å². The molecule has 6 heteroatoms. The van der Waals surface area contributed by atoms with E-state index in [4.69, 9.17) is 0 Å². The summed E-state index contributed by atoms with van der Waals surface area (Å²) in [6, 6.07) is 24.8. The van der Waals surface area contributed by atoms with Crippen molar-refractivity contribution in [1.82, 2.24) is 9.97 Å². The normalized spacial score (nSPS) is 10.5. The predicted molar refractivity (Wildman–Crippen MR) is 124 cm³/mol. The quantitative estimate of drug-likeness (QED) is 0.372. The van der Waals surface area contributed by atoms with Gasteiger partial charge in [0.05, 0.1) is 5.69 Å². The number of aromatic nitrogens is 2. The van der Waals surface area contributed by atoms with Gasteiger partial charge in [-0.25, -0.2) is 9.97 Å². The van der Waals surface area contributed by atoms with Gasteiger partial charge in [0, 0.05) is 33.0 Å². The van der Waals surface area contributed by atoms with E-state index in [1.165, 1.54) is 11.9 Å². The number of benzene rings is 3. The number of halogens is 1. The molecular formula is C24H19BrN4O. The highest BCUT2D eigenvalue weighted by Gasteiger charge is 2.07. The van der Waals surface area contributed by atoms with Gasteiger partial charge < -0.3 is 10.6 Å². The molecule has 3 aromatic carbocycles. The smallest absolute Gasteiger partial charge is 0.255 e. The van der Waals surface area contributed by atoms with E-state index in [-0.39, 0.29) is 5.91 Å². The maximum absolute atomic E-state index is 12.5. The second-order valence-corrected chi connectivity index (χ2v) is 7.74. The summed E-state index contributed by atoms with van der Waals surface area (Å²) in [4.78, 5) is 21.1. The molecule has 0 atom stereocenters. The number of hydrogen-bond acceptors (Lipinski definition) is 4. The van der Waals surface area contributed by atoms with Crippen molar-refractivity contribution in [3.8, 4) is 11.3 Å². The van der Waals surface area contributed by atoms with Crippen LogP contribution in [0.5, 0.6) is 0 Å². The largest absolute Gasteiger partial charge is 0.340 e. The van der Waals surface area contributed by atoms with Gasteiger partial charge in [-0.1, -0.05) is 51.8 Å². The number of nitrogens with one attached hydrogen (secondary N) is 2. The second-order valence-electron chi connectivity index (χ2n) is 6.82. The van der Waals surface area contributed by atoms with Crippen LogP contribution >= 0.6 is 15.9 Å². The minimum atomic E-state index is -0.164. The van der Waals surface area contributed by atoms with Crippen molar-refractivity contribution < 1.29 is 4.79 Å². The molecular weight excluding hydrogens is 440 g/mol. The van der Waals surface area contributed by atoms with Crippen LogP contribution in [0.2, 0.25) is 0 Å². The number of nitrogens with zero attached hydrogens (tertiary/aromatic N) is 2. The molecule has 0 saturated heterocycles. The number of aryl methyl sites for hydroxylation is 1. The Bertz CT molecular complexity index is 1170. The van der Waals surface area contributed by atoms with Crippen molar-refractivity contribution in [2.75, 3.05) is 10.6 Å². The lowest BCUT2D eigenvalue weighted by atomic mass is 10.1. The standard InChI is InChI=1S/C24H19BrN4O/c1-16-5-7-17(8-6-16)22-14-23(27-15-26-22)28-20-11-9-18(10-12-20)24(30)29-21-4-2-3-19(25)13-21/h2-15H,1H3,(H,29,30)(H,26,27,28). The number of anilines is 3. The molecule has 0 spiro atoms. The lowest BCUT2D eigenvalue weighted by molar-refractivity contribution is 0.102. The van der Waals surface area contributed by atoms with Crippen LogP contribution in [0.15, 0.2) is 89.7 Å². The minimum absolute atomic E-state index is 0.164. The van der Waals surface area contributed by atoms with Crippen molar-refractivity contribution in [2.45, 2.75) is 6.92 Å². The first-order chi connectivity index (χ1) is 14.6. The van der Waals surface area contributed by atoms with Crippen molar-refractivity contribution in [2.24, 2.45) is 0 Å². The highest BCUT2D eigenvalue weighted by Crippen LogP contribution is 2.22. The van der Waals surface area contributed by atoms with E-state index in [0.29, 0.717) is 11.4 Å². The first-order valence-electron chi connectivity index (χ1n) is 9.40. The van der Waals surface area contributed by atoms with Gasteiger partial charge in [0.1, 0.15) is 12.1 Å². The van der Waals surface area contributed by atoms with Gasteiger partial charge in [-0.15, -0.1) is 0 Å². The Kier molecular flexibility index (Phi) is 5.86. The molecule has 0 unspecified atom stereocenters. The maximum Gasteiger partial charge on any atom is 0.255 e. The number of hydrogen-bond donors (Lipinski definition) is 2. The van der Waals surface area contributed by atoms with Crippen molar-refractivity contribution in [3.05, 3.63) is 101 Å². The molecule has 1 heterocycles. The van der Waals surface area contributed by atoms with Crippen LogP contribution in [0, 0.1) is 6.92 Å². The van der Waals surface area contributed by atoms with Crippen LogP contribution in [-0.2, 0) is 0 Å². The van der Waals surface area contributed by atoms with E-state index in [9.17, 15) is 4.79 Å². The molecule has 0 bridgehead atoms. The zero-order valence-corrected chi connectivity index (χ0v) is 17.8. The molecule has 0 saturated carbocycles. The SMILES string of the molecule is Cc1ccc(-c2cc(Nc3ccc(C(=O)Nc4cccc(Br)c4)cc3)ncn2)cc1. The number of rotatable bonds is 5. The summed E-state index contributed by atoms with van der Waals surface area (Å²) in [5.74, 6) is 0.523. The van der Waals surface area contributed by atoms with E-state index < -0.39 is 0 Å². The van der Waals surface area contributed by atoms with Gasteiger partial charge in [0.15, 0.2) is 0 Å². The maximum atomic E-state index is 12.5. The Hall–Kier alpha value is -3.51. The molecule has 4 rings (SSSR count).